The summed E-state index contributed by atoms with van der Waals surface area (Å²) in [5, 5.41) is 9.17. The third kappa shape index (κ3) is 7.25. The Labute approximate surface area is 252 Å². The topological polar surface area (TPSA) is 128 Å². The number of benzene rings is 1. The van der Waals surface area contributed by atoms with Crippen molar-refractivity contribution in [3.63, 3.8) is 0 Å². The summed E-state index contributed by atoms with van der Waals surface area (Å²) in [6.07, 6.45) is 3.34. The summed E-state index contributed by atoms with van der Waals surface area (Å²) in [7, 11) is 4.67. The Morgan fingerprint density at radius 1 is 1.02 bits per heavy atom. The second kappa shape index (κ2) is 14.0. The molecule has 2 aromatic carbocycles. The van der Waals surface area contributed by atoms with Crippen LogP contribution in [-0.4, -0.2) is 44.2 Å². The molecule has 10 nitrogen and oxygen atoms in total. The molecule has 3 aromatic rings. The molecule has 4 rings (SSSR count). The smallest absolute Gasteiger partial charge is 0.242 e. The van der Waals surface area contributed by atoms with Crippen molar-refractivity contribution in [1.82, 2.24) is 15.6 Å². The van der Waals surface area contributed by atoms with E-state index in [0.29, 0.717) is 47.6 Å². The predicted molar refractivity (Wildman–Crippen MR) is 166 cm³/mol. The minimum absolute atomic E-state index is 0.185. The Hall–Kier alpha value is -4.60. The first-order valence-electron chi connectivity index (χ1n) is 14.4. The summed E-state index contributed by atoms with van der Waals surface area (Å²) in [4.78, 5) is 43.6. The first kappa shape index (κ1) is 31.3. The van der Waals surface area contributed by atoms with Crippen LogP contribution in [0.25, 0.3) is 11.1 Å². The van der Waals surface area contributed by atoms with Crippen molar-refractivity contribution in [2.45, 2.75) is 58.7 Å². The molecule has 2 amide bonds. The van der Waals surface area contributed by atoms with E-state index >= 15 is 0 Å². The minimum Gasteiger partial charge on any atom is -0.493 e. The van der Waals surface area contributed by atoms with E-state index in [1.165, 1.54) is 6.92 Å². The highest BCUT2D eigenvalue weighted by molar-refractivity contribution is 5.86. The standard InChI is InChI=1S/C33H40N4O6/c1-19(2)15-27(33(40)35-18-22-9-7-8-14-34-22)37-26-13-11-23-24(17-28(26)39)25(36-20(3)38)12-10-21-16-29(41-4)31(42-5)32(43-6)30(21)23/h7-9,11,13-14,16-17,19,25,27H,10,12,15,18H2,1-6H3,(H,35,40)(H,36,38)(H,37,39)/t25-,27-/m1/s1. The molecule has 10 heteroatoms. The summed E-state index contributed by atoms with van der Waals surface area (Å²) in [5.74, 6) is 1.18. The lowest BCUT2D eigenvalue weighted by atomic mass is 9.95. The summed E-state index contributed by atoms with van der Waals surface area (Å²) in [6, 6.07) is 11.4. The van der Waals surface area contributed by atoms with Crippen LogP contribution in [0.15, 0.2) is 53.5 Å². The monoisotopic (exact) mass is 588 g/mol. The van der Waals surface area contributed by atoms with E-state index in [4.69, 9.17) is 14.2 Å². The maximum absolute atomic E-state index is 13.8. The molecule has 0 saturated carbocycles. The van der Waals surface area contributed by atoms with Crippen molar-refractivity contribution in [3.8, 4) is 28.4 Å². The first-order chi connectivity index (χ1) is 20.7. The Bertz CT molecular complexity index is 1530. The SMILES string of the molecule is COc1cc2c(c(OC)c1OC)-c1ccc(N[C@H](CC(C)C)C(=O)NCc3ccccn3)c(=O)cc1[C@H](NC(C)=O)CC2. The third-order valence-electron chi connectivity index (χ3n) is 7.44. The normalized spacial score (nSPS) is 14.4. The Balaban J connectivity index is 1.81. The average molecular weight is 589 g/mol. The van der Waals surface area contributed by atoms with Crippen molar-refractivity contribution in [1.29, 1.82) is 0 Å². The summed E-state index contributed by atoms with van der Waals surface area (Å²) < 4.78 is 17.1. The van der Waals surface area contributed by atoms with Gasteiger partial charge in [0.1, 0.15) is 6.04 Å². The van der Waals surface area contributed by atoms with Crippen LogP contribution in [0.2, 0.25) is 0 Å². The molecule has 3 N–H and O–H groups in total. The molecule has 1 aromatic heterocycles. The number of hydrogen-bond acceptors (Lipinski definition) is 8. The van der Waals surface area contributed by atoms with Crippen LogP contribution in [0, 0.1) is 5.92 Å². The van der Waals surface area contributed by atoms with E-state index in [-0.39, 0.29) is 35.4 Å². The van der Waals surface area contributed by atoms with Crippen LogP contribution in [0.4, 0.5) is 5.69 Å². The van der Waals surface area contributed by atoms with Gasteiger partial charge < -0.3 is 30.2 Å². The van der Waals surface area contributed by atoms with Crippen LogP contribution in [0.1, 0.15) is 56.5 Å². The average Bonchev–Trinajstić information content (AvgIpc) is 3.23. The van der Waals surface area contributed by atoms with E-state index < -0.39 is 12.1 Å². The van der Waals surface area contributed by atoms with Gasteiger partial charge in [-0.2, -0.15) is 0 Å². The second-order valence-electron chi connectivity index (χ2n) is 11.0. The van der Waals surface area contributed by atoms with Crippen LogP contribution in [0.3, 0.4) is 0 Å². The van der Waals surface area contributed by atoms with Gasteiger partial charge in [0.25, 0.3) is 0 Å². The largest absolute Gasteiger partial charge is 0.493 e. The van der Waals surface area contributed by atoms with Crippen molar-refractivity contribution in [2.75, 3.05) is 26.6 Å². The number of pyridine rings is 1. The van der Waals surface area contributed by atoms with Crippen molar-refractivity contribution in [2.24, 2.45) is 5.92 Å². The number of aromatic nitrogens is 1. The highest BCUT2D eigenvalue weighted by atomic mass is 16.5. The molecule has 2 atom stereocenters. The Morgan fingerprint density at radius 3 is 2.42 bits per heavy atom. The molecule has 0 spiro atoms. The third-order valence-corrected chi connectivity index (χ3v) is 7.44. The number of hydrogen-bond donors (Lipinski definition) is 3. The number of carbonyl (C=O) groups excluding carboxylic acids is 2. The summed E-state index contributed by atoms with van der Waals surface area (Å²) >= 11 is 0. The van der Waals surface area contributed by atoms with Gasteiger partial charge >= 0.3 is 0 Å². The van der Waals surface area contributed by atoms with Gasteiger partial charge in [-0.3, -0.25) is 19.4 Å². The van der Waals surface area contributed by atoms with Crippen molar-refractivity contribution >= 4 is 17.5 Å². The predicted octanol–water partition coefficient (Wildman–Crippen LogP) is 4.40. The van der Waals surface area contributed by atoms with E-state index in [1.54, 1.807) is 39.7 Å². The van der Waals surface area contributed by atoms with Gasteiger partial charge in [0.2, 0.25) is 23.0 Å². The lowest BCUT2D eigenvalue weighted by Gasteiger charge is -2.20. The highest BCUT2D eigenvalue weighted by Gasteiger charge is 2.30. The van der Waals surface area contributed by atoms with Crippen molar-refractivity contribution < 1.29 is 23.8 Å². The number of rotatable bonds is 11. The minimum atomic E-state index is -0.657. The Morgan fingerprint density at radius 2 is 1.79 bits per heavy atom. The molecule has 0 saturated heterocycles. The van der Waals surface area contributed by atoms with Gasteiger partial charge in [-0.05, 0) is 72.2 Å². The van der Waals surface area contributed by atoms with Crippen LogP contribution < -0.4 is 35.6 Å². The summed E-state index contributed by atoms with van der Waals surface area (Å²) in [6.45, 7) is 5.78. The molecule has 228 valence electrons. The summed E-state index contributed by atoms with van der Waals surface area (Å²) in [5.41, 5.74) is 3.77. The van der Waals surface area contributed by atoms with Crippen LogP contribution in [0.5, 0.6) is 17.2 Å². The molecule has 43 heavy (non-hydrogen) atoms. The van der Waals surface area contributed by atoms with Gasteiger partial charge in [0.15, 0.2) is 11.5 Å². The van der Waals surface area contributed by atoms with E-state index in [9.17, 15) is 14.4 Å². The number of amides is 2. The van der Waals surface area contributed by atoms with Gasteiger partial charge in [0.05, 0.1) is 45.3 Å². The fraction of sp³-hybridized carbons (Fsp3) is 0.394. The van der Waals surface area contributed by atoms with E-state index in [0.717, 1.165) is 16.8 Å². The number of nitrogens with one attached hydrogen (secondary N) is 3. The van der Waals surface area contributed by atoms with Gasteiger partial charge in [-0.1, -0.05) is 26.0 Å². The van der Waals surface area contributed by atoms with Gasteiger partial charge in [-0.15, -0.1) is 0 Å². The number of fused-ring (bicyclic) bond motifs is 3. The number of nitrogens with zero attached hydrogens (tertiary/aromatic N) is 1. The number of aryl methyl sites for hydroxylation is 1. The molecule has 0 unspecified atom stereocenters. The zero-order chi connectivity index (χ0) is 31.1. The highest BCUT2D eigenvalue weighted by Crippen LogP contribution is 2.50. The molecule has 0 aliphatic heterocycles. The maximum atomic E-state index is 13.8. The maximum Gasteiger partial charge on any atom is 0.242 e. The zero-order valence-electron chi connectivity index (χ0n) is 25.6. The molecule has 1 aliphatic rings. The quantitative estimate of drug-likeness (QED) is 0.301. The molecule has 0 fully saturated rings. The number of methoxy groups -OCH3 is 3. The fourth-order valence-corrected chi connectivity index (χ4v) is 5.52. The molecule has 0 bridgehead atoms. The molecule has 1 heterocycles. The first-order valence-corrected chi connectivity index (χ1v) is 14.4. The van der Waals surface area contributed by atoms with Gasteiger partial charge in [-0.25, -0.2) is 0 Å². The van der Waals surface area contributed by atoms with Gasteiger partial charge in [0, 0.05) is 18.7 Å². The zero-order valence-corrected chi connectivity index (χ0v) is 25.6. The lowest BCUT2D eigenvalue weighted by Crippen LogP contribution is -2.41. The van der Waals surface area contributed by atoms with Crippen LogP contribution >= 0.6 is 0 Å². The van der Waals surface area contributed by atoms with Crippen LogP contribution in [-0.2, 0) is 22.6 Å². The van der Waals surface area contributed by atoms with Crippen molar-refractivity contribution in [3.05, 3.63) is 75.7 Å². The molecular weight excluding hydrogens is 548 g/mol. The molecule has 0 radical (unpaired) electrons. The fourth-order valence-electron chi connectivity index (χ4n) is 5.52. The number of anilines is 1. The van der Waals surface area contributed by atoms with E-state index in [1.807, 2.05) is 44.2 Å². The Kier molecular flexibility index (Phi) is 10.2. The second-order valence-corrected chi connectivity index (χ2v) is 11.0. The number of ether oxygens (including phenoxy) is 3. The van der Waals surface area contributed by atoms with E-state index in [2.05, 4.69) is 20.9 Å². The molecular formula is C33H40N4O6. The lowest BCUT2D eigenvalue weighted by molar-refractivity contribution is -0.122. The molecule has 1 aliphatic carbocycles. The number of carbonyl (C=O) groups is 2.